The summed E-state index contributed by atoms with van der Waals surface area (Å²) in [6.07, 6.45) is -4.54. The number of piperazine rings is 1. The Morgan fingerprint density at radius 2 is 1.93 bits per heavy atom. The average molecular weight is 418 g/mol. The van der Waals surface area contributed by atoms with Crippen LogP contribution < -0.4 is 15.8 Å². The standard InChI is InChI=1S/C17H14F3N3O2S.ClH/c18-17(19,20)14-9-26-15(22-14)12-7-10-1-2-11(8-13(10)25-16(12)24)23-5-3-21-4-6-23;/h1-2,7-9,21H,3-6H2;1H. The maximum atomic E-state index is 12.7. The van der Waals surface area contributed by atoms with Gasteiger partial charge in [0.05, 0.1) is 5.56 Å². The smallest absolute Gasteiger partial charge is 0.422 e. The number of rotatable bonds is 2. The first-order chi connectivity index (χ1) is 12.4. The highest BCUT2D eigenvalue weighted by Gasteiger charge is 2.34. The van der Waals surface area contributed by atoms with Crippen LogP contribution in [0.3, 0.4) is 0 Å². The number of hydrogen-bond acceptors (Lipinski definition) is 6. The van der Waals surface area contributed by atoms with E-state index in [1.165, 1.54) is 6.07 Å². The van der Waals surface area contributed by atoms with Gasteiger partial charge >= 0.3 is 11.8 Å². The lowest BCUT2D eigenvalue weighted by Gasteiger charge is -2.29. The second-order valence-electron chi connectivity index (χ2n) is 5.94. The van der Waals surface area contributed by atoms with Crippen molar-refractivity contribution in [3.63, 3.8) is 0 Å². The Bertz CT molecular complexity index is 1010. The van der Waals surface area contributed by atoms with Gasteiger partial charge in [0.15, 0.2) is 5.69 Å². The van der Waals surface area contributed by atoms with Gasteiger partial charge in [-0.25, -0.2) is 9.78 Å². The second kappa shape index (κ2) is 7.49. The van der Waals surface area contributed by atoms with E-state index in [4.69, 9.17) is 4.42 Å². The summed E-state index contributed by atoms with van der Waals surface area (Å²) in [5, 5.41) is 4.80. The molecule has 1 fully saturated rings. The van der Waals surface area contributed by atoms with E-state index in [1.54, 1.807) is 12.1 Å². The molecule has 0 unspecified atom stereocenters. The van der Waals surface area contributed by atoms with Crippen LogP contribution in [0.1, 0.15) is 5.69 Å². The lowest BCUT2D eigenvalue weighted by atomic mass is 10.1. The van der Waals surface area contributed by atoms with Gasteiger partial charge in [0.1, 0.15) is 10.6 Å². The number of halogens is 4. The Balaban J connectivity index is 0.00000210. The van der Waals surface area contributed by atoms with Gasteiger partial charge in [-0.15, -0.1) is 23.7 Å². The number of hydrogen-bond donors (Lipinski definition) is 1. The van der Waals surface area contributed by atoms with Crippen LogP contribution in [0.15, 0.2) is 38.9 Å². The first-order valence-corrected chi connectivity index (χ1v) is 8.86. The highest BCUT2D eigenvalue weighted by Crippen LogP contribution is 2.33. The van der Waals surface area contributed by atoms with Crippen molar-refractivity contribution in [2.45, 2.75) is 6.18 Å². The van der Waals surface area contributed by atoms with E-state index in [1.807, 2.05) is 6.07 Å². The Morgan fingerprint density at radius 3 is 2.59 bits per heavy atom. The maximum Gasteiger partial charge on any atom is 0.434 e. The number of benzene rings is 1. The van der Waals surface area contributed by atoms with E-state index in [9.17, 15) is 18.0 Å². The van der Waals surface area contributed by atoms with Gasteiger partial charge in [-0.1, -0.05) is 0 Å². The van der Waals surface area contributed by atoms with E-state index in [-0.39, 0.29) is 23.0 Å². The van der Waals surface area contributed by atoms with Crippen LogP contribution in [-0.4, -0.2) is 31.2 Å². The minimum atomic E-state index is -4.54. The molecule has 1 aromatic carbocycles. The molecule has 0 atom stereocenters. The van der Waals surface area contributed by atoms with Crippen LogP contribution in [-0.2, 0) is 6.18 Å². The fraction of sp³-hybridized carbons (Fsp3) is 0.294. The number of nitrogens with one attached hydrogen (secondary N) is 1. The van der Waals surface area contributed by atoms with Crippen LogP contribution in [0, 0.1) is 0 Å². The van der Waals surface area contributed by atoms with Crippen molar-refractivity contribution in [2.75, 3.05) is 31.1 Å². The quantitative estimate of drug-likeness (QED) is 0.643. The minimum absolute atomic E-state index is 0. The molecule has 0 radical (unpaired) electrons. The van der Waals surface area contributed by atoms with Crippen LogP contribution in [0.25, 0.3) is 21.5 Å². The summed E-state index contributed by atoms with van der Waals surface area (Å²) >= 11 is 0.772. The zero-order chi connectivity index (χ0) is 18.3. The average Bonchev–Trinajstić information content (AvgIpc) is 3.12. The van der Waals surface area contributed by atoms with Gasteiger partial charge in [0.2, 0.25) is 0 Å². The molecule has 0 amide bonds. The SMILES string of the molecule is Cl.O=c1oc2cc(N3CCNCC3)ccc2cc1-c1nc(C(F)(F)F)cs1. The zero-order valence-corrected chi connectivity index (χ0v) is 15.5. The summed E-state index contributed by atoms with van der Waals surface area (Å²) in [5.74, 6) is 0. The molecule has 1 aliphatic heterocycles. The van der Waals surface area contributed by atoms with Crippen LogP contribution in [0.5, 0.6) is 0 Å². The van der Waals surface area contributed by atoms with Crippen molar-refractivity contribution >= 4 is 40.4 Å². The first-order valence-electron chi connectivity index (χ1n) is 7.98. The fourth-order valence-corrected chi connectivity index (χ4v) is 3.73. The normalized spacial score (nSPS) is 15.0. The monoisotopic (exact) mass is 417 g/mol. The molecule has 3 heterocycles. The Kier molecular flexibility index (Phi) is 5.45. The van der Waals surface area contributed by atoms with Gasteiger partial charge < -0.3 is 14.6 Å². The van der Waals surface area contributed by atoms with Gasteiger partial charge in [0.25, 0.3) is 0 Å². The van der Waals surface area contributed by atoms with E-state index in [0.717, 1.165) is 48.6 Å². The highest BCUT2D eigenvalue weighted by atomic mass is 35.5. The summed E-state index contributed by atoms with van der Waals surface area (Å²) in [4.78, 5) is 18.0. The van der Waals surface area contributed by atoms with Crippen molar-refractivity contribution in [3.8, 4) is 10.6 Å². The molecule has 4 rings (SSSR count). The molecule has 5 nitrogen and oxygen atoms in total. The highest BCUT2D eigenvalue weighted by molar-refractivity contribution is 7.13. The number of aromatic nitrogens is 1. The van der Waals surface area contributed by atoms with E-state index >= 15 is 0 Å². The Morgan fingerprint density at radius 1 is 1.19 bits per heavy atom. The van der Waals surface area contributed by atoms with Gasteiger partial charge in [-0.3, -0.25) is 0 Å². The van der Waals surface area contributed by atoms with Crippen molar-refractivity contribution in [1.82, 2.24) is 10.3 Å². The predicted octanol–water partition coefficient (Wildman–Crippen LogP) is 3.77. The third-order valence-electron chi connectivity index (χ3n) is 4.23. The molecule has 0 aliphatic carbocycles. The molecular formula is C17H15ClF3N3O2S. The van der Waals surface area contributed by atoms with Crippen LogP contribution in [0.4, 0.5) is 18.9 Å². The number of anilines is 1. The molecule has 0 spiro atoms. The summed E-state index contributed by atoms with van der Waals surface area (Å²) in [5.41, 5.74) is -0.317. The van der Waals surface area contributed by atoms with Crippen molar-refractivity contribution in [3.05, 3.63) is 45.8 Å². The molecule has 2 aromatic heterocycles. The lowest BCUT2D eigenvalue weighted by molar-refractivity contribution is -0.140. The molecule has 10 heteroatoms. The fourth-order valence-electron chi connectivity index (χ4n) is 2.90. The first kappa shape index (κ1) is 19.7. The summed E-state index contributed by atoms with van der Waals surface area (Å²) < 4.78 is 43.5. The van der Waals surface area contributed by atoms with Crippen LogP contribution in [0.2, 0.25) is 0 Å². The Labute approximate surface area is 162 Å². The topological polar surface area (TPSA) is 58.4 Å². The number of nitrogens with zero attached hydrogens (tertiary/aromatic N) is 2. The molecule has 27 heavy (non-hydrogen) atoms. The summed E-state index contributed by atoms with van der Waals surface area (Å²) in [6, 6.07) is 7.04. The molecule has 1 saturated heterocycles. The van der Waals surface area contributed by atoms with Crippen molar-refractivity contribution < 1.29 is 17.6 Å². The largest absolute Gasteiger partial charge is 0.434 e. The molecule has 0 saturated carbocycles. The number of alkyl halides is 3. The minimum Gasteiger partial charge on any atom is -0.422 e. The third kappa shape index (κ3) is 3.95. The molecular weight excluding hydrogens is 403 g/mol. The van der Waals surface area contributed by atoms with Gasteiger partial charge in [0, 0.05) is 48.7 Å². The van der Waals surface area contributed by atoms with E-state index in [2.05, 4.69) is 15.2 Å². The zero-order valence-electron chi connectivity index (χ0n) is 13.9. The van der Waals surface area contributed by atoms with Crippen molar-refractivity contribution in [1.29, 1.82) is 0 Å². The molecule has 3 aromatic rings. The lowest BCUT2D eigenvalue weighted by Crippen LogP contribution is -2.43. The maximum absolute atomic E-state index is 12.7. The van der Waals surface area contributed by atoms with E-state index < -0.39 is 17.5 Å². The van der Waals surface area contributed by atoms with E-state index in [0.29, 0.717) is 11.0 Å². The third-order valence-corrected chi connectivity index (χ3v) is 5.10. The molecule has 0 bridgehead atoms. The number of thiazole rings is 1. The van der Waals surface area contributed by atoms with Crippen LogP contribution >= 0.6 is 23.7 Å². The molecule has 144 valence electrons. The summed E-state index contributed by atoms with van der Waals surface area (Å²) in [7, 11) is 0. The molecule has 1 aliphatic rings. The predicted molar refractivity (Wildman–Crippen MR) is 101 cm³/mol. The summed E-state index contributed by atoms with van der Waals surface area (Å²) in [6.45, 7) is 3.47. The van der Waals surface area contributed by atoms with Crippen molar-refractivity contribution in [2.24, 2.45) is 0 Å². The number of fused-ring (bicyclic) bond motifs is 1. The van der Waals surface area contributed by atoms with Gasteiger partial charge in [-0.2, -0.15) is 13.2 Å². The van der Waals surface area contributed by atoms with Gasteiger partial charge in [-0.05, 0) is 18.2 Å². The Hall–Kier alpha value is -2.10. The second-order valence-corrected chi connectivity index (χ2v) is 6.80. The molecule has 1 N–H and O–H groups in total.